The van der Waals surface area contributed by atoms with Gasteiger partial charge in [-0.05, 0) is 42.5 Å². The van der Waals surface area contributed by atoms with E-state index in [1.54, 1.807) is 0 Å². The summed E-state index contributed by atoms with van der Waals surface area (Å²) < 4.78 is 0. The maximum Gasteiger partial charge on any atom is 0.0543 e. The second-order valence-corrected chi connectivity index (χ2v) is 4.53. The van der Waals surface area contributed by atoms with Crippen LogP contribution in [0.3, 0.4) is 0 Å². The van der Waals surface area contributed by atoms with E-state index in [1.807, 2.05) is 24.3 Å². The number of aliphatic hydroxyl groups excluding tert-OH is 1. The molecule has 2 heteroatoms. The van der Waals surface area contributed by atoms with Gasteiger partial charge in [-0.25, -0.2) is 0 Å². The smallest absolute Gasteiger partial charge is 0.0543 e. The van der Waals surface area contributed by atoms with E-state index < -0.39 is 0 Å². The van der Waals surface area contributed by atoms with Crippen LogP contribution in [0.5, 0.6) is 0 Å². The summed E-state index contributed by atoms with van der Waals surface area (Å²) in [5.74, 6) is 0. The number of benzene rings is 1. The largest absolute Gasteiger partial charge is 0.393 e. The summed E-state index contributed by atoms with van der Waals surface area (Å²) in [6.07, 6.45) is 3.31. The van der Waals surface area contributed by atoms with Crippen molar-refractivity contribution in [3.8, 4) is 0 Å². The monoisotopic (exact) mass is 238 g/mol. The van der Waals surface area contributed by atoms with Gasteiger partial charge >= 0.3 is 0 Å². The van der Waals surface area contributed by atoms with Gasteiger partial charge in [-0.1, -0.05) is 43.7 Å². The molecule has 0 aliphatic rings. The summed E-state index contributed by atoms with van der Waals surface area (Å²) in [6, 6.07) is 7.67. The van der Waals surface area contributed by atoms with Crippen molar-refractivity contribution in [3.05, 3.63) is 41.4 Å². The molecule has 1 rings (SSSR count). The number of halogens is 1. The van der Waals surface area contributed by atoms with Gasteiger partial charge < -0.3 is 5.11 Å². The molecule has 0 aliphatic carbocycles. The van der Waals surface area contributed by atoms with Crippen LogP contribution in [0.25, 0.3) is 5.57 Å². The quantitative estimate of drug-likeness (QED) is 0.784. The van der Waals surface area contributed by atoms with Crippen LogP contribution in [0.15, 0.2) is 30.8 Å². The Balaban J connectivity index is 2.43. The lowest BCUT2D eigenvalue weighted by Gasteiger charge is -2.10. The average molecular weight is 239 g/mol. The van der Waals surface area contributed by atoms with Gasteiger partial charge in [0.05, 0.1) is 6.10 Å². The van der Waals surface area contributed by atoms with Crippen LogP contribution in [0.4, 0.5) is 0 Å². The van der Waals surface area contributed by atoms with Crippen LogP contribution in [0.1, 0.15) is 38.2 Å². The Morgan fingerprint density at radius 1 is 1.31 bits per heavy atom. The summed E-state index contributed by atoms with van der Waals surface area (Å²) in [4.78, 5) is 0. The lowest BCUT2D eigenvalue weighted by Crippen LogP contribution is -2.05. The average Bonchev–Trinajstić information content (AvgIpc) is 2.27. The van der Waals surface area contributed by atoms with E-state index in [-0.39, 0.29) is 6.10 Å². The molecule has 0 bridgehead atoms. The van der Waals surface area contributed by atoms with Gasteiger partial charge in [-0.15, -0.1) is 0 Å². The van der Waals surface area contributed by atoms with Crippen molar-refractivity contribution in [1.82, 2.24) is 0 Å². The second-order valence-electron chi connectivity index (χ2n) is 4.09. The van der Waals surface area contributed by atoms with Gasteiger partial charge in [0.25, 0.3) is 0 Å². The van der Waals surface area contributed by atoms with E-state index in [9.17, 15) is 5.11 Å². The zero-order chi connectivity index (χ0) is 12.0. The molecule has 0 saturated heterocycles. The summed E-state index contributed by atoms with van der Waals surface area (Å²) in [5, 5.41) is 10.4. The molecule has 0 fully saturated rings. The fourth-order valence-electron chi connectivity index (χ4n) is 1.65. The molecule has 1 aromatic rings. The third-order valence-corrected chi connectivity index (χ3v) is 2.91. The highest BCUT2D eigenvalue weighted by atomic mass is 35.5. The minimum absolute atomic E-state index is 0.200. The molecule has 1 aromatic carbocycles. The first kappa shape index (κ1) is 13.3. The number of allylic oxidation sites excluding steroid dienone is 1. The third kappa shape index (κ3) is 4.38. The Bertz CT molecular complexity index is 329. The third-order valence-electron chi connectivity index (χ3n) is 2.65. The first-order valence-corrected chi connectivity index (χ1v) is 6.13. The zero-order valence-corrected chi connectivity index (χ0v) is 10.5. The molecule has 0 radical (unpaired) electrons. The number of hydrogen-bond acceptors (Lipinski definition) is 1. The van der Waals surface area contributed by atoms with Gasteiger partial charge in [0, 0.05) is 5.02 Å². The van der Waals surface area contributed by atoms with Crippen LogP contribution in [-0.4, -0.2) is 11.2 Å². The molecule has 1 atom stereocenters. The van der Waals surface area contributed by atoms with E-state index in [0.717, 1.165) is 41.8 Å². The predicted octanol–water partition coefficient (Wildman–Crippen LogP) is 4.29. The van der Waals surface area contributed by atoms with Crippen molar-refractivity contribution >= 4 is 17.2 Å². The minimum Gasteiger partial charge on any atom is -0.393 e. The fourth-order valence-corrected chi connectivity index (χ4v) is 1.77. The van der Waals surface area contributed by atoms with Gasteiger partial charge in [-0.2, -0.15) is 0 Å². The molecular formula is C14H19ClO. The Morgan fingerprint density at radius 2 is 1.94 bits per heavy atom. The molecule has 1 N–H and O–H groups in total. The van der Waals surface area contributed by atoms with E-state index >= 15 is 0 Å². The normalized spacial score (nSPS) is 12.4. The number of hydrogen-bond donors (Lipinski definition) is 1. The van der Waals surface area contributed by atoms with E-state index in [4.69, 9.17) is 11.6 Å². The number of rotatable bonds is 6. The highest BCUT2D eigenvalue weighted by molar-refractivity contribution is 6.30. The molecule has 16 heavy (non-hydrogen) atoms. The molecule has 0 spiro atoms. The molecule has 1 nitrogen and oxygen atoms in total. The zero-order valence-electron chi connectivity index (χ0n) is 9.75. The van der Waals surface area contributed by atoms with Crippen LogP contribution in [0.2, 0.25) is 5.02 Å². The SMILES string of the molecule is C=C(CCC(O)CCC)c1ccc(Cl)cc1. The topological polar surface area (TPSA) is 20.2 Å². The molecule has 0 saturated carbocycles. The maximum atomic E-state index is 9.63. The van der Waals surface area contributed by atoms with E-state index in [1.165, 1.54) is 0 Å². The van der Waals surface area contributed by atoms with Crippen molar-refractivity contribution in [2.45, 2.75) is 38.7 Å². The van der Waals surface area contributed by atoms with Crippen molar-refractivity contribution in [1.29, 1.82) is 0 Å². The standard InChI is InChI=1S/C14H19ClO/c1-3-4-14(16)10-5-11(2)12-6-8-13(15)9-7-12/h6-9,14,16H,2-5,10H2,1H3. The van der Waals surface area contributed by atoms with E-state index in [2.05, 4.69) is 13.5 Å². The van der Waals surface area contributed by atoms with E-state index in [0.29, 0.717) is 0 Å². The molecule has 0 amide bonds. The fraction of sp³-hybridized carbons (Fsp3) is 0.429. The molecule has 0 aromatic heterocycles. The summed E-state index contributed by atoms with van der Waals surface area (Å²) in [6.45, 7) is 6.11. The molecule has 0 aliphatic heterocycles. The maximum absolute atomic E-state index is 9.63. The number of aliphatic hydroxyl groups is 1. The van der Waals surface area contributed by atoms with Crippen molar-refractivity contribution < 1.29 is 5.11 Å². The second kappa shape index (κ2) is 6.72. The lowest BCUT2D eigenvalue weighted by atomic mass is 10.00. The van der Waals surface area contributed by atoms with Crippen molar-refractivity contribution in [2.24, 2.45) is 0 Å². The van der Waals surface area contributed by atoms with Crippen LogP contribution < -0.4 is 0 Å². The predicted molar refractivity (Wildman–Crippen MR) is 70.6 cm³/mol. The summed E-state index contributed by atoms with van der Waals surface area (Å²) >= 11 is 5.82. The van der Waals surface area contributed by atoms with Gasteiger partial charge in [0.2, 0.25) is 0 Å². The molecular weight excluding hydrogens is 220 g/mol. The lowest BCUT2D eigenvalue weighted by molar-refractivity contribution is 0.155. The van der Waals surface area contributed by atoms with Gasteiger partial charge in [0.15, 0.2) is 0 Å². The summed E-state index contributed by atoms with van der Waals surface area (Å²) in [7, 11) is 0. The highest BCUT2D eigenvalue weighted by Gasteiger charge is 2.05. The molecule has 1 unspecified atom stereocenters. The Morgan fingerprint density at radius 3 is 2.50 bits per heavy atom. The Hall–Kier alpha value is -0.790. The highest BCUT2D eigenvalue weighted by Crippen LogP contribution is 2.21. The van der Waals surface area contributed by atoms with Gasteiger partial charge in [0.1, 0.15) is 0 Å². The van der Waals surface area contributed by atoms with Crippen molar-refractivity contribution in [2.75, 3.05) is 0 Å². The molecule has 88 valence electrons. The van der Waals surface area contributed by atoms with Crippen LogP contribution in [-0.2, 0) is 0 Å². The Kier molecular flexibility index (Phi) is 5.58. The van der Waals surface area contributed by atoms with Crippen molar-refractivity contribution in [3.63, 3.8) is 0 Å². The Labute approximate surface area is 103 Å². The van der Waals surface area contributed by atoms with Gasteiger partial charge in [-0.3, -0.25) is 0 Å². The van der Waals surface area contributed by atoms with Crippen LogP contribution >= 0.6 is 11.6 Å². The molecule has 0 heterocycles. The first-order valence-electron chi connectivity index (χ1n) is 5.75. The first-order chi connectivity index (χ1) is 7.63. The minimum atomic E-state index is -0.200. The summed E-state index contributed by atoms with van der Waals surface area (Å²) in [5.41, 5.74) is 2.17. The van der Waals surface area contributed by atoms with Crippen LogP contribution in [0, 0.1) is 0 Å².